The third-order valence-corrected chi connectivity index (χ3v) is 9.40. The number of amides is 4. The molecule has 2 unspecified atom stereocenters. The summed E-state index contributed by atoms with van der Waals surface area (Å²) in [6.45, 7) is 3.90. The molecular formula is C31H43N3O5. The Balaban J connectivity index is 1.37. The highest BCUT2D eigenvalue weighted by molar-refractivity contribution is 6.06. The first-order valence-electron chi connectivity index (χ1n) is 15.1. The fourth-order valence-electron chi connectivity index (χ4n) is 7.43. The van der Waals surface area contributed by atoms with Crippen molar-refractivity contribution in [2.45, 2.75) is 128 Å². The van der Waals surface area contributed by atoms with Crippen molar-refractivity contribution in [2.75, 3.05) is 0 Å². The number of nitrogens with zero attached hydrogens (tertiary/aromatic N) is 3. The maximum atomic E-state index is 14.3. The van der Waals surface area contributed by atoms with Gasteiger partial charge in [0, 0.05) is 12.1 Å². The van der Waals surface area contributed by atoms with Crippen molar-refractivity contribution < 1.29 is 23.9 Å². The fourth-order valence-corrected chi connectivity index (χ4v) is 7.43. The summed E-state index contributed by atoms with van der Waals surface area (Å²) >= 11 is 0. The van der Waals surface area contributed by atoms with Crippen LogP contribution in [0, 0.1) is 5.92 Å². The minimum absolute atomic E-state index is 0.0320. The van der Waals surface area contributed by atoms with Crippen LogP contribution in [-0.2, 0) is 25.7 Å². The molecule has 2 aliphatic heterocycles. The highest BCUT2D eigenvalue weighted by Crippen LogP contribution is 2.41. The first-order valence-corrected chi connectivity index (χ1v) is 15.1. The monoisotopic (exact) mass is 537 g/mol. The Morgan fingerprint density at radius 2 is 1.67 bits per heavy atom. The van der Waals surface area contributed by atoms with E-state index >= 15 is 0 Å². The van der Waals surface area contributed by atoms with Gasteiger partial charge in [-0.2, -0.15) is 0 Å². The second-order valence-electron chi connectivity index (χ2n) is 11.9. The zero-order valence-electron chi connectivity index (χ0n) is 23.4. The molecule has 0 spiro atoms. The van der Waals surface area contributed by atoms with Gasteiger partial charge >= 0.3 is 12.0 Å². The van der Waals surface area contributed by atoms with Crippen LogP contribution in [0.15, 0.2) is 30.3 Å². The van der Waals surface area contributed by atoms with Crippen molar-refractivity contribution in [1.29, 1.82) is 0 Å². The molecule has 4 aliphatic rings. The Bertz CT molecular complexity index is 1060. The second kappa shape index (κ2) is 12.1. The summed E-state index contributed by atoms with van der Waals surface area (Å²) in [4.78, 5) is 59.7. The van der Waals surface area contributed by atoms with E-state index in [4.69, 9.17) is 4.74 Å². The van der Waals surface area contributed by atoms with Crippen LogP contribution in [-0.4, -0.2) is 68.7 Å². The van der Waals surface area contributed by atoms with Gasteiger partial charge in [-0.15, -0.1) is 0 Å². The summed E-state index contributed by atoms with van der Waals surface area (Å²) < 4.78 is 5.72. The van der Waals surface area contributed by atoms with Gasteiger partial charge in [0.1, 0.15) is 24.7 Å². The van der Waals surface area contributed by atoms with Gasteiger partial charge in [-0.3, -0.25) is 14.5 Å². The maximum Gasteiger partial charge on any atom is 0.329 e. The number of hydrogen-bond acceptors (Lipinski definition) is 5. The molecule has 5 atom stereocenters. The smallest absolute Gasteiger partial charge is 0.329 e. The van der Waals surface area contributed by atoms with E-state index in [-0.39, 0.29) is 48.4 Å². The molecule has 8 heteroatoms. The number of urea groups is 1. The van der Waals surface area contributed by atoms with E-state index in [2.05, 4.69) is 0 Å². The van der Waals surface area contributed by atoms with Crippen LogP contribution in [0.25, 0.3) is 0 Å². The summed E-state index contributed by atoms with van der Waals surface area (Å²) in [5.74, 6) is -0.528. The Morgan fingerprint density at radius 1 is 0.974 bits per heavy atom. The number of carbonyl (C=O) groups is 4. The van der Waals surface area contributed by atoms with Crippen molar-refractivity contribution in [3.8, 4) is 0 Å². The number of imide groups is 1. The minimum atomic E-state index is -0.823. The van der Waals surface area contributed by atoms with E-state index in [9.17, 15) is 19.2 Å². The van der Waals surface area contributed by atoms with Crippen LogP contribution in [0.3, 0.4) is 0 Å². The van der Waals surface area contributed by atoms with Crippen LogP contribution in [0.2, 0.25) is 0 Å². The zero-order valence-corrected chi connectivity index (χ0v) is 23.4. The average molecular weight is 538 g/mol. The van der Waals surface area contributed by atoms with E-state index in [0.29, 0.717) is 12.8 Å². The van der Waals surface area contributed by atoms with Gasteiger partial charge in [-0.1, -0.05) is 75.8 Å². The first-order chi connectivity index (χ1) is 18.9. The van der Waals surface area contributed by atoms with E-state index in [1.807, 2.05) is 37.3 Å². The van der Waals surface area contributed by atoms with E-state index in [0.717, 1.165) is 69.8 Å². The van der Waals surface area contributed by atoms with Crippen LogP contribution in [0.5, 0.6) is 0 Å². The fraction of sp³-hybridized carbons (Fsp3) is 0.677. The molecule has 0 bridgehead atoms. The number of benzene rings is 1. The average Bonchev–Trinajstić information content (AvgIpc) is 3.47. The quantitative estimate of drug-likeness (QED) is 0.342. The Hall–Kier alpha value is -2.90. The maximum absolute atomic E-state index is 14.3. The minimum Gasteiger partial charge on any atom is -0.459 e. The number of rotatable bonds is 8. The van der Waals surface area contributed by atoms with Gasteiger partial charge in [0.05, 0.1) is 0 Å². The van der Waals surface area contributed by atoms with E-state index in [1.54, 1.807) is 11.8 Å². The summed E-state index contributed by atoms with van der Waals surface area (Å²) in [6, 6.07) is 6.98. The number of ether oxygens (including phenoxy) is 1. The zero-order chi connectivity index (χ0) is 27.5. The van der Waals surface area contributed by atoms with Crippen LogP contribution in [0.4, 0.5) is 4.79 Å². The summed E-state index contributed by atoms with van der Waals surface area (Å²) in [6.07, 6.45) is 10.6. The molecule has 2 heterocycles. The lowest BCUT2D eigenvalue weighted by atomic mass is 9.84. The molecule has 1 aromatic rings. The lowest BCUT2D eigenvalue weighted by Gasteiger charge is -2.37. The molecule has 212 valence electrons. The normalized spacial score (nSPS) is 28.5. The summed E-state index contributed by atoms with van der Waals surface area (Å²) in [5, 5.41) is 0. The molecule has 0 radical (unpaired) electrons. The van der Waals surface area contributed by atoms with Crippen molar-refractivity contribution in [1.82, 2.24) is 14.7 Å². The van der Waals surface area contributed by atoms with Crippen molar-refractivity contribution >= 4 is 23.8 Å². The molecule has 2 saturated heterocycles. The topological polar surface area (TPSA) is 87.2 Å². The molecular weight excluding hydrogens is 494 g/mol. The predicted octanol–water partition coefficient (Wildman–Crippen LogP) is 5.04. The molecule has 0 aromatic heterocycles. The lowest BCUT2D eigenvalue weighted by Crippen LogP contribution is -2.56. The number of likely N-dealkylation sites (tertiary alicyclic amines) is 1. The van der Waals surface area contributed by atoms with Gasteiger partial charge in [-0.25, -0.2) is 9.59 Å². The lowest BCUT2D eigenvalue weighted by molar-refractivity contribution is -0.157. The molecule has 1 aromatic carbocycles. The molecule has 8 nitrogen and oxygen atoms in total. The number of fused-ring (bicyclic) bond motifs is 1. The molecule has 5 rings (SSSR count). The molecule has 2 saturated carbocycles. The third kappa shape index (κ3) is 5.44. The van der Waals surface area contributed by atoms with Crippen molar-refractivity contribution in [2.24, 2.45) is 5.92 Å². The predicted molar refractivity (Wildman–Crippen MR) is 146 cm³/mol. The Kier molecular flexibility index (Phi) is 8.57. The van der Waals surface area contributed by atoms with Gasteiger partial charge in [-0.05, 0) is 56.9 Å². The SMILES string of the molecule is CCCC1C(=O)N(C2CCCCC2)C(=O)N1[C@@H](C)C(=O)N1C(C(=O)OCc2ccccc2)C[C@@H]2CCCC[C@@H]21. The third-order valence-electron chi connectivity index (χ3n) is 9.40. The Labute approximate surface area is 232 Å². The highest BCUT2D eigenvalue weighted by Gasteiger charge is 2.54. The van der Waals surface area contributed by atoms with Crippen molar-refractivity contribution in [3.63, 3.8) is 0 Å². The molecule has 4 fully saturated rings. The molecule has 39 heavy (non-hydrogen) atoms. The van der Waals surface area contributed by atoms with E-state index in [1.165, 1.54) is 9.80 Å². The van der Waals surface area contributed by atoms with Crippen molar-refractivity contribution in [3.05, 3.63) is 35.9 Å². The largest absolute Gasteiger partial charge is 0.459 e. The number of esters is 1. The summed E-state index contributed by atoms with van der Waals surface area (Å²) in [5.41, 5.74) is 0.902. The first kappa shape index (κ1) is 27.7. The van der Waals surface area contributed by atoms with Crippen LogP contribution < -0.4 is 0 Å². The van der Waals surface area contributed by atoms with E-state index < -0.39 is 18.1 Å². The standard InChI is InChI=1S/C31H43N3O5/c1-3-12-26-29(36)33(24-16-8-5-9-17-24)31(38)32(26)21(2)28(35)34-25-18-11-10-15-23(25)19-27(34)30(37)39-20-22-13-6-4-7-14-22/h4,6-7,13-14,21,23-27H,3,5,8-12,15-20H2,1-2H3/t21-,23-,25-,26?,27?/m0/s1. The summed E-state index contributed by atoms with van der Waals surface area (Å²) in [7, 11) is 0. The molecule has 2 aliphatic carbocycles. The second-order valence-corrected chi connectivity index (χ2v) is 11.9. The van der Waals surface area contributed by atoms with Gasteiger partial charge in [0.2, 0.25) is 5.91 Å². The van der Waals surface area contributed by atoms with Gasteiger partial charge in [0.25, 0.3) is 5.91 Å². The van der Waals surface area contributed by atoms with Crippen LogP contribution in [0.1, 0.15) is 96.5 Å². The number of carbonyl (C=O) groups excluding carboxylic acids is 4. The molecule has 4 amide bonds. The number of hydrogen-bond donors (Lipinski definition) is 0. The Morgan fingerprint density at radius 3 is 2.38 bits per heavy atom. The highest BCUT2D eigenvalue weighted by atomic mass is 16.5. The molecule has 0 N–H and O–H groups in total. The van der Waals surface area contributed by atoms with Gasteiger partial charge < -0.3 is 14.5 Å². The van der Waals surface area contributed by atoms with Gasteiger partial charge in [0.15, 0.2) is 0 Å². The van der Waals surface area contributed by atoms with Crippen LogP contribution >= 0.6 is 0 Å².